The molecule has 19 heavy (non-hydrogen) atoms. The molecular weight excluding hydrogens is 264 g/mol. The Kier molecular flexibility index (Phi) is 4.15. The SMILES string of the molecule is CC(C)(C)NC1=CC(=O)C(NC(C)(C)C)=C(Cl)C1=O. The lowest BCUT2D eigenvalue weighted by molar-refractivity contribution is -0.116. The first-order valence-electron chi connectivity index (χ1n) is 6.17. The number of nitrogens with one attached hydrogen (secondary N) is 2. The van der Waals surface area contributed by atoms with E-state index in [1.165, 1.54) is 6.08 Å². The molecule has 0 aliphatic heterocycles. The number of hydrogen-bond donors (Lipinski definition) is 2. The summed E-state index contributed by atoms with van der Waals surface area (Å²) in [5.74, 6) is -0.644. The van der Waals surface area contributed by atoms with E-state index in [-0.39, 0.29) is 39.1 Å². The van der Waals surface area contributed by atoms with Gasteiger partial charge in [0.2, 0.25) is 11.6 Å². The fourth-order valence-corrected chi connectivity index (χ4v) is 1.84. The van der Waals surface area contributed by atoms with Crippen LogP contribution in [0.5, 0.6) is 0 Å². The van der Waals surface area contributed by atoms with E-state index in [0.717, 1.165) is 0 Å². The lowest BCUT2D eigenvalue weighted by Crippen LogP contribution is -2.43. The zero-order valence-corrected chi connectivity index (χ0v) is 13.0. The summed E-state index contributed by atoms with van der Waals surface area (Å²) in [5.41, 5.74) is -0.247. The maximum Gasteiger partial charge on any atom is 0.222 e. The first-order valence-corrected chi connectivity index (χ1v) is 6.55. The average Bonchev–Trinajstić information content (AvgIpc) is 2.17. The molecule has 1 rings (SSSR count). The summed E-state index contributed by atoms with van der Waals surface area (Å²) in [6.07, 6.45) is 1.30. The zero-order valence-electron chi connectivity index (χ0n) is 12.3. The Morgan fingerprint density at radius 3 is 1.84 bits per heavy atom. The molecule has 4 nitrogen and oxygen atoms in total. The molecule has 1 aliphatic rings. The van der Waals surface area contributed by atoms with E-state index in [1.807, 2.05) is 41.5 Å². The van der Waals surface area contributed by atoms with Crippen molar-refractivity contribution in [2.24, 2.45) is 0 Å². The molecule has 0 aromatic heterocycles. The second-order valence-corrected chi connectivity index (χ2v) is 7.07. The quantitative estimate of drug-likeness (QED) is 0.764. The number of halogens is 1. The van der Waals surface area contributed by atoms with Crippen molar-refractivity contribution in [1.29, 1.82) is 0 Å². The second-order valence-electron chi connectivity index (χ2n) is 6.69. The highest BCUT2D eigenvalue weighted by molar-refractivity contribution is 6.48. The molecule has 0 amide bonds. The van der Waals surface area contributed by atoms with Gasteiger partial charge in [-0.1, -0.05) is 11.6 Å². The van der Waals surface area contributed by atoms with Gasteiger partial charge in [-0.2, -0.15) is 0 Å². The molecule has 0 aromatic carbocycles. The van der Waals surface area contributed by atoms with Crippen LogP contribution < -0.4 is 10.6 Å². The van der Waals surface area contributed by atoms with Crippen molar-refractivity contribution < 1.29 is 9.59 Å². The number of carbonyl (C=O) groups excluding carboxylic acids is 2. The molecule has 0 radical (unpaired) electrons. The van der Waals surface area contributed by atoms with Crippen LogP contribution in [-0.2, 0) is 9.59 Å². The van der Waals surface area contributed by atoms with E-state index < -0.39 is 0 Å². The Hall–Kier alpha value is -1.29. The second kappa shape index (κ2) is 5.00. The van der Waals surface area contributed by atoms with Crippen LogP contribution in [-0.4, -0.2) is 22.6 Å². The third-order valence-electron chi connectivity index (χ3n) is 2.19. The van der Waals surface area contributed by atoms with Gasteiger partial charge in [-0.05, 0) is 41.5 Å². The topological polar surface area (TPSA) is 58.2 Å². The van der Waals surface area contributed by atoms with E-state index in [4.69, 9.17) is 11.6 Å². The van der Waals surface area contributed by atoms with Crippen molar-refractivity contribution in [2.75, 3.05) is 0 Å². The van der Waals surface area contributed by atoms with E-state index >= 15 is 0 Å². The Morgan fingerprint density at radius 1 is 0.947 bits per heavy atom. The number of ketones is 2. The van der Waals surface area contributed by atoms with Gasteiger partial charge in [0.1, 0.15) is 10.7 Å². The number of rotatable bonds is 2. The van der Waals surface area contributed by atoms with Crippen LogP contribution in [0.1, 0.15) is 41.5 Å². The summed E-state index contributed by atoms with van der Waals surface area (Å²) in [7, 11) is 0. The van der Waals surface area contributed by atoms with Crippen LogP contribution in [0.25, 0.3) is 0 Å². The molecule has 0 aromatic rings. The smallest absolute Gasteiger partial charge is 0.222 e. The van der Waals surface area contributed by atoms with Crippen molar-refractivity contribution in [3.05, 3.63) is 22.5 Å². The molecule has 0 bridgehead atoms. The highest BCUT2D eigenvalue weighted by atomic mass is 35.5. The van der Waals surface area contributed by atoms with Gasteiger partial charge in [-0.25, -0.2) is 0 Å². The van der Waals surface area contributed by atoms with Crippen molar-refractivity contribution in [3.63, 3.8) is 0 Å². The molecular formula is C14H21ClN2O2. The highest BCUT2D eigenvalue weighted by Crippen LogP contribution is 2.22. The predicted octanol–water partition coefficient (Wildman–Crippen LogP) is 2.25. The molecule has 0 fully saturated rings. The van der Waals surface area contributed by atoms with Gasteiger partial charge < -0.3 is 10.6 Å². The van der Waals surface area contributed by atoms with E-state index in [2.05, 4.69) is 10.6 Å². The van der Waals surface area contributed by atoms with E-state index in [1.54, 1.807) is 0 Å². The molecule has 0 saturated carbocycles. The van der Waals surface area contributed by atoms with Gasteiger partial charge in [0.25, 0.3) is 0 Å². The van der Waals surface area contributed by atoms with Crippen LogP contribution in [0.2, 0.25) is 0 Å². The summed E-state index contributed by atoms with van der Waals surface area (Å²) < 4.78 is 0. The summed E-state index contributed by atoms with van der Waals surface area (Å²) >= 11 is 6.02. The molecule has 0 spiro atoms. The zero-order chi connectivity index (χ0) is 15.0. The van der Waals surface area contributed by atoms with Gasteiger partial charge >= 0.3 is 0 Å². The minimum Gasteiger partial charge on any atom is -0.377 e. The van der Waals surface area contributed by atoms with Gasteiger partial charge in [-0.15, -0.1) is 0 Å². The Labute approximate surface area is 119 Å². The number of carbonyl (C=O) groups is 2. The highest BCUT2D eigenvalue weighted by Gasteiger charge is 2.31. The third kappa shape index (κ3) is 4.39. The molecule has 0 saturated heterocycles. The third-order valence-corrected chi connectivity index (χ3v) is 2.56. The standard InChI is InChI=1S/C14H21ClN2O2/c1-13(2,3)16-8-7-9(18)11(10(15)12(8)19)17-14(4,5)6/h7,16-17H,1-6H3. The predicted molar refractivity (Wildman–Crippen MR) is 76.8 cm³/mol. The number of allylic oxidation sites excluding steroid dienone is 2. The molecule has 1 aliphatic carbocycles. The minimum atomic E-state index is -0.358. The maximum absolute atomic E-state index is 12.1. The van der Waals surface area contributed by atoms with Gasteiger partial charge in [0, 0.05) is 17.2 Å². The Bertz CT molecular complexity index is 477. The molecule has 106 valence electrons. The molecule has 5 heteroatoms. The molecule has 0 atom stereocenters. The van der Waals surface area contributed by atoms with Gasteiger partial charge in [-0.3, -0.25) is 9.59 Å². The fourth-order valence-electron chi connectivity index (χ4n) is 1.60. The molecule has 2 N–H and O–H groups in total. The van der Waals surface area contributed by atoms with Crippen molar-refractivity contribution in [3.8, 4) is 0 Å². The first kappa shape index (κ1) is 15.8. The van der Waals surface area contributed by atoms with Crippen LogP contribution in [0.3, 0.4) is 0 Å². The molecule has 0 heterocycles. The lowest BCUT2D eigenvalue weighted by atomic mass is 10.00. The van der Waals surface area contributed by atoms with E-state index in [9.17, 15) is 9.59 Å². The van der Waals surface area contributed by atoms with Crippen molar-refractivity contribution in [1.82, 2.24) is 10.6 Å². The number of Topliss-reactive ketones (excluding diaryl/α,β-unsaturated/α-hetero) is 1. The van der Waals surface area contributed by atoms with Crippen LogP contribution >= 0.6 is 11.6 Å². The van der Waals surface area contributed by atoms with E-state index in [0.29, 0.717) is 0 Å². The Balaban J connectivity index is 3.05. The van der Waals surface area contributed by atoms with Gasteiger partial charge in [0.15, 0.2) is 0 Å². The maximum atomic E-state index is 12.1. The first-order chi connectivity index (χ1) is 8.41. The summed E-state index contributed by atoms with van der Waals surface area (Å²) in [4.78, 5) is 24.2. The Morgan fingerprint density at radius 2 is 1.42 bits per heavy atom. The number of hydrogen-bond acceptors (Lipinski definition) is 4. The lowest BCUT2D eigenvalue weighted by Gasteiger charge is -2.28. The average molecular weight is 285 g/mol. The normalized spacial score (nSPS) is 17.5. The van der Waals surface area contributed by atoms with Crippen LogP contribution in [0, 0.1) is 0 Å². The summed E-state index contributed by atoms with van der Waals surface area (Å²) in [5, 5.41) is 5.91. The minimum absolute atomic E-state index is 0.0609. The van der Waals surface area contributed by atoms with Crippen LogP contribution in [0.15, 0.2) is 22.5 Å². The summed E-state index contributed by atoms with van der Waals surface area (Å²) in [6, 6.07) is 0. The summed E-state index contributed by atoms with van der Waals surface area (Å²) in [6.45, 7) is 11.4. The fraction of sp³-hybridized carbons (Fsp3) is 0.571. The van der Waals surface area contributed by atoms with Crippen molar-refractivity contribution >= 4 is 23.2 Å². The largest absolute Gasteiger partial charge is 0.377 e. The van der Waals surface area contributed by atoms with Crippen molar-refractivity contribution in [2.45, 2.75) is 52.6 Å². The monoisotopic (exact) mass is 284 g/mol. The van der Waals surface area contributed by atoms with Gasteiger partial charge in [0.05, 0.1) is 5.70 Å². The van der Waals surface area contributed by atoms with Crippen LogP contribution in [0.4, 0.5) is 0 Å². The molecule has 0 unspecified atom stereocenters.